The molecule has 144 valence electrons. The van der Waals surface area contributed by atoms with E-state index >= 15 is 0 Å². The van der Waals surface area contributed by atoms with Crippen molar-refractivity contribution in [1.82, 2.24) is 14.7 Å². The molecule has 0 radical (unpaired) electrons. The summed E-state index contributed by atoms with van der Waals surface area (Å²) in [5, 5.41) is 0. The molecule has 0 atom stereocenters. The van der Waals surface area contributed by atoms with E-state index in [1.54, 1.807) is 13.2 Å². The number of hydrogen-bond donors (Lipinski definition) is 0. The Morgan fingerprint density at radius 3 is 2.37 bits per heavy atom. The number of carbonyl (C=O) groups is 2. The van der Waals surface area contributed by atoms with E-state index in [1.165, 1.54) is 4.90 Å². The molecule has 0 bridgehead atoms. The predicted molar refractivity (Wildman–Crippen MR) is 105 cm³/mol. The van der Waals surface area contributed by atoms with E-state index in [2.05, 4.69) is 18.5 Å². The van der Waals surface area contributed by atoms with Crippen molar-refractivity contribution in [1.29, 1.82) is 0 Å². The van der Waals surface area contributed by atoms with Gasteiger partial charge in [0.25, 0.3) is 11.8 Å². The number of likely N-dealkylation sites (N-methyl/N-ethyl adjacent to an activating group) is 1. The summed E-state index contributed by atoms with van der Waals surface area (Å²) in [6.07, 6.45) is 3.52. The molecule has 6 heteroatoms. The lowest BCUT2D eigenvalue weighted by Gasteiger charge is -2.36. The van der Waals surface area contributed by atoms with E-state index in [1.807, 2.05) is 36.2 Å². The number of benzene rings is 1. The van der Waals surface area contributed by atoms with Gasteiger partial charge in [-0.3, -0.25) is 14.5 Å². The second kappa shape index (κ2) is 7.96. The normalized spacial score (nSPS) is 19.0. The number of ether oxygens (including phenoxy) is 1. The SMILES string of the molecule is C=CCN1C(=O)C(c2ccc(OC)cc2)=C(N(C)C2CCN(C)CC2)C1=O. The quantitative estimate of drug-likeness (QED) is 0.567. The van der Waals surface area contributed by atoms with Gasteiger partial charge in [-0.15, -0.1) is 6.58 Å². The number of carbonyl (C=O) groups excluding carboxylic acids is 2. The highest BCUT2D eigenvalue weighted by Crippen LogP contribution is 2.34. The van der Waals surface area contributed by atoms with Crippen molar-refractivity contribution in [3.8, 4) is 5.75 Å². The van der Waals surface area contributed by atoms with Crippen LogP contribution in [0.25, 0.3) is 5.57 Å². The highest BCUT2D eigenvalue weighted by molar-refractivity contribution is 6.35. The van der Waals surface area contributed by atoms with Gasteiger partial charge in [0, 0.05) is 19.6 Å². The number of nitrogens with zero attached hydrogens (tertiary/aromatic N) is 3. The molecule has 2 aliphatic heterocycles. The van der Waals surface area contributed by atoms with Crippen molar-refractivity contribution in [2.45, 2.75) is 18.9 Å². The summed E-state index contributed by atoms with van der Waals surface area (Å²) < 4.78 is 5.21. The molecule has 2 aliphatic rings. The number of methoxy groups -OCH3 is 1. The zero-order valence-electron chi connectivity index (χ0n) is 16.3. The lowest BCUT2D eigenvalue weighted by molar-refractivity contribution is -0.137. The van der Waals surface area contributed by atoms with Crippen LogP contribution in [0, 0.1) is 0 Å². The van der Waals surface area contributed by atoms with Gasteiger partial charge in [0.2, 0.25) is 0 Å². The minimum absolute atomic E-state index is 0.210. The Balaban J connectivity index is 2.01. The average Bonchev–Trinajstić information content (AvgIpc) is 2.93. The monoisotopic (exact) mass is 369 g/mol. The van der Waals surface area contributed by atoms with E-state index < -0.39 is 0 Å². The highest BCUT2D eigenvalue weighted by atomic mass is 16.5. The Morgan fingerprint density at radius 2 is 1.81 bits per heavy atom. The van der Waals surface area contributed by atoms with Crippen molar-refractivity contribution in [2.75, 3.05) is 40.8 Å². The third-order valence-electron chi connectivity index (χ3n) is 5.42. The molecule has 1 aromatic rings. The molecule has 27 heavy (non-hydrogen) atoms. The van der Waals surface area contributed by atoms with Crippen LogP contribution in [0.3, 0.4) is 0 Å². The molecule has 0 aliphatic carbocycles. The number of likely N-dealkylation sites (tertiary alicyclic amines) is 1. The smallest absolute Gasteiger partial charge is 0.278 e. The number of amides is 2. The van der Waals surface area contributed by atoms with Crippen molar-refractivity contribution in [3.63, 3.8) is 0 Å². The molecule has 6 nitrogen and oxygen atoms in total. The van der Waals surface area contributed by atoms with E-state index in [0.29, 0.717) is 17.0 Å². The first kappa shape index (κ1) is 19.2. The maximum Gasteiger partial charge on any atom is 0.278 e. The Morgan fingerprint density at radius 1 is 1.19 bits per heavy atom. The summed E-state index contributed by atoms with van der Waals surface area (Å²) in [6.45, 7) is 5.86. The van der Waals surface area contributed by atoms with Gasteiger partial charge in [0.1, 0.15) is 11.4 Å². The number of hydrogen-bond acceptors (Lipinski definition) is 5. The molecular weight excluding hydrogens is 342 g/mol. The van der Waals surface area contributed by atoms with Crippen molar-refractivity contribution in [2.24, 2.45) is 0 Å². The lowest BCUT2D eigenvalue weighted by Crippen LogP contribution is -2.43. The number of rotatable bonds is 6. The van der Waals surface area contributed by atoms with Crippen LogP contribution in [-0.2, 0) is 9.59 Å². The zero-order valence-corrected chi connectivity index (χ0v) is 16.3. The molecule has 0 aromatic heterocycles. The van der Waals surface area contributed by atoms with Gasteiger partial charge >= 0.3 is 0 Å². The molecule has 2 heterocycles. The van der Waals surface area contributed by atoms with E-state index in [0.717, 1.165) is 31.5 Å². The van der Waals surface area contributed by atoms with Gasteiger partial charge in [0.05, 0.1) is 12.7 Å². The van der Waals surface area contributed by atoms with E-state index in [-0.39, 0.29) is 24.4 Å². The van der Waals surface area contributed by atoms with Crippen LogP contribution >= 0.6 is 0 Å². The van der Waals surface area contributed by atoms with Crippen LogP contribution in [-0.4, -0.2) is 73.4 Å². The summed E-state index contributed by atoms with van der Waals surface area (Å²) in [5.41, 5.74) is 1.68. The van der Waals surface area contributed by atoms with Gasteiger partial charge in [0.15, 0.2) is 0 Å². The van der Waals surface area contributed by atoms with Crippen LogP contribution < -0.4 is 4.74 Å². The molecule has 1 saturated heterocycles. The second-order valence-electron chi connectivity index (χ2n) is 7.11. The van der Waals surface area contributed by atoms with Gasteiger partial charge < -0.3 is 14.5 Å². The van der Waals surface area contributed by atoms with Crippen molar-refractivity contribution in [3.05, 3.63) is 48.2 Å². The zero-order chi connectivity index (χ0) is 19.6. The Labute approximate surface area is 160 Å². The molecule has 1 fully saturated rings. The van der Waals surface area contributed by atoms with Crippen LogP contribution in [0.15, 0.2) is 42.6 Å². The molecule has 0 unspecified atom stereocenters. The largest absolute Gasteiger partial charge is 0.497 e. The maximum atomic E-state index is 13.1. The maximum absolute atomic E-state index is 13.1. The van der Waals surface area contributed by atoms with Gasteiger partial charge in [-0.05, 0) is 50.7 Å². The summed E-state index contributed by atoms with van der Waals surface area (Å²) >= 11 is 0. The summed E-state index contributed by atoms with van der Waals surface area (Å²) in [5.74, 6) is 0.205. The second-order valence-corrected chi connectivity index (χ2v) is 7.11. The summed E-state index contributed by atoms with van der Waals surface area (Å²) in [7, 11) is 5.63. The Bertz CT molecular complexity index is 761. The average molecular weight is 369 g/mol. The molecule has 0 spiro atoms. The van der Waals surface area contributed by atoms with Crippen molar-refractivity contribution < 1.29 is 14.3 Å². The van der Waals surface area contributed by atoms with E-state index in [9.17, 15) is 9.59 Å². The molecule has 0 saturated carbocycles. The minimum Gasteiger partial charge on any atom is -0.497 e. The fourth-order valence-corrected chi connectivity index (χ4v) is 3.77. The third-order valence-corrected chi connectivity index (χ3v) is 5.42. The first-order chi connectivity index (χ1) is 13.0. The fourth-order valence-electron chi connectivity index (χ4n) is 3.77. The predicted octanol–water partition coefficient (Wildman–Crippen LogP) is 1.99. The van der Waals surface area contributed by atoms with E-state index in [4.69, 9.17) is 4.74 Å². The van der Waals surface area contributed by atoms with Crippen LogP contribution in [0.4, 0.5) is 0 Å². The number of imide groups is 1. The Hall–Kier alpha value is -2.60. The van der Waals surface area contributed by atoms with Gasteiger partial charge in [-0.25, -0.2) is 0 Å². The van der Waals surface area contributed by atoms with Gasteiger partial charge in [-0.2, -0.15) is 0 Å². The van der Waals surface area contributed by atoms with Crippen LogP contribution in [0.2, 0.25) is 0 Å². The fraction of sp³-hybridized carbons (Fsp3) is 0.429. The van der Waals surface area contributed by atoms with Crippen LogP contribution in [0.1, 0.15) is 18.4 Å². The highest BCUT2D eigenvalue weighted by Gasteiger charge is 2.41. The van der Waals surface area contributed by atoms with Gasteiger partial charge in [-0.1, -0.05) is 18.2 Å². The molecule has 0 N–H and O–H groups in total. The summed E-state index contributed by atoms with van der Waals surface area (Å²) in [6, 6.07) is 7.52. The van der Waals surface area contributed by atoms with Crippen LogP contribution in [0.5, 0.6) is 5.75 Å². The molecule has 2 amide bonds. The molecule has 3 rings (SSSR count). The first-order valence-corrected chi connectivity index (χ1v) is 9.25. The Kier molecular flexibility index (Phi) is 5.65. The first-order valence-electron chi connectivity index (χ1n) is 9.25. The standard InChI is InChI=1S/C21H27N3O3/c1-5-12-24-20(25)18(15-6-8-17(27-4)9-7-15)19(21(24)26)23(3)16-10-13-22(2)14-11-16/h5-9,16H,1,10-14H2,2-4H3. The topological polar surface area (TPSA) is 53.1 Å². The summed E-state index contributed by atoms with van der Waals surface area (Å²) in [4.78, 5) is 31.7. The van der Waals surface area contributed by atoms with Crippen molar-refractivity contribution >= 4 is 17.4 Å². The third kappa shape index (κ3) is 3.62. The molecule has 1 aromatic carbocycles. The minimum atomic E-state index is -0.264. The molecular formula is C21H27N3O3. The number of piperidine rings is 1. The lowest BCUT2D eigenvalue weighted by atomic mass is 10.00.